The monoisotopic (exact) mass is 376 g/mol. The maximum absolute atomic E-state index is 5.57. The first kappa shape index (κ1) is 18.2. The minimum Gasteiger partial charge on any atom is -0.367 e. The second kappa shape index (κ2) is 8.26. The van der Waals surface area contributed by atoms with Gasteiger partial charge in [0.25, 0.3) is 0 Å². The van der Waals surface area contributed by atoms with Crippen molar-refractivity contribution in [3.63, 3.8) is 0 Å². The molecule has 0 unspecified atom stereocenters. The van der Waals surface area contributed by atoms with Gasteiger partial charge in [-0.2, -0.15) is 0 Å². The molecule has 1 aliphatic rings. The van der Waals surface area contributed by atoms with Crippen molar-refractivity contribution in [1.29, 1.82) is 0 Å². The molecule has 0 amide bonds. The molecular formula is C20H24N8. The molecule has 0 radical (unpaired) electrons. The molecule has 4 aromatic rings. The van der Waals surface area contributed by atoms with Crippen LogP contribution in [-0.2, 0) is 0 Å². The Kier molecular flexibility index (Phi) is 5.38. The Morgan fingerprint density at radius 3 is 2.64 bits per heavy atom. The molecule has 0 aliphatic heterocycles. The van der Waals surface area contributed by atoms with Crippen LogP contribution in [0.4, 0.5) is 5.95 Å². The van der Waals surface area contributed by atoms with Crippen molar-refractivity contribution in [2.75, 3.05) is 12.8 Å². The molecule has 4 aromatic heterocycles. The molecule has 0 atom stereocenters. The van der Waals surface area contributed by atoms with Crippen LogP contribution in [0.1, 0.15) is 32.1 Å². The van der Waals surface area contributed by atoms with Crippen LogP contribution in [0.25, 0.3) is 27.8 Å². The van der Waals surface area contributed by atoms with Gasteiger partial charge in [0.05, 0.1) is 11.7 Å². The fourth-order valence-corrected chi connectivity index (χ4v) is 3.55. The average molecular weight is 376 g/mol. The lowest BCUT2D eigenvalue weighted by Crippen LogP contribution is -2.26. The summed E-state index contributed by atoms with van der Waals surface area (Å²) < 4.78 is 1.69. The van der Waals surface area contributed by atoms with Crippen molar-refractivity contribution in [2.24, 2.45) is 0 Å². The van der Waals surface area contributed by atoms with E-state index in [2.05, 4.69) is 37.4 Å². The Hall–Kier alpha value is -3.13. The van der Waals surface area contributed by atoms with Gasteiger partial charge in [-0.25, -0.2) is 19.5 Å². The first-order valence-electron chi connectivity index (χ1n) is 9.59. The van der Waals surface area contributed by atoms with Crippen molar-refractivity contribution in [3.05, 3.63) is 43.1 Å². The van der Waals surface area contributed by atoms with Crippen LogP contribution in [0.15, 0.2) is 43.1 Å². The predicted molar refractivity (Wildman–Crippen MR) is 110 cm³/mol. The molecule has 8 nitrogen and oxygen atoms in total. The number of fused-ring (bicyclic) bond motifs is 2. The molecule has 28 heavy (non-hydrogen) atoms. The van der Waals surface area contributed by atoms with Crippen LogP contribution in [0.5, 0.6) is 0 Å². The highest BCUT2D eigenvalue weighted by atomic mass is 15.3. The largest absolute Gasteiger partial charge is 0.367 e. The molecule has 1 fully saturated rings. The van der Waals surface area contributed by atoms with E-state index in [0.717, 1.165) is 28.2 Å². The first-order valence-corrected chi connectivity index (χ1v) is 9.59. The lowest BCUT2D eigenvalue weighted by Gasteiger charge is -2.20. The Bertz CT molecular complexity index is 1070. The maximum atomic E-state index is 5.57. The van der Waals surface area contributed by atoms with Crippen molar-refractivity contribution >= 4 is 22.6 Å². The van der Waals surface area contributed by atoms with Gasteiger partial charge < -0.3 is 11.1 Å². The average Bonchev–Trinajstić information content (AvgIpc) is 3.17. The molecule has 1 saturated carbocycles. The third-order valence-electron chi connectivity index (χ3n) is 5.08. The Morgan fingerprint density at radius 2 is 1.86 bits per heavy atom. The van der Waals surface area contributed by atoms with Gasteiger partial charge in [-0.3, -0.25) is 4.98 Å². The Balaban J connectivity index is 0.000000203. The molecule has 1 aliphatic carbocycles. The Morgan fingerprint density at radius 1 is 1.04 bits per heavy atom. The van der Waals surface area contributed by atoms with Gasteiger partial charge in [0, 0.05) is 42.0 Å². The number of anilines is 1. The van der Waals surface area contributed by atoms with Crippen LogP contribution in [0, 0.1) is 0 Å². The summed E-state index contributed by atoms with van der Waals surface area (Å²) in [5.74, 6) is 0.238. The lowest BCUT2D eigenvalue weighted by atomic mass is 9.96. The Labute approximate surface area is 163 Å². The second-order valence-corrected chi connectivity index (χ2v) is 6.92. The van der Waals surface area contributed by atoms with Gasteiger partial charge in [0.15, 0.2) is 5.65 Å². The van der Waals surface area contributed by atoms with Crippen LogP contribution >= 0.6 is 0 Å². The minimum atomic E-state index is 0.238. The molecule has 0 aromatic carbocycles. The highest BCUT2D eigenvalue weighted by molar-refractivity contribution is 5.84. The molecule has 0 saturated heterocycles. The molecule has 0 spiro atoms. The quantitative estimate of drug-likeness (QED) is 0.554. The standard InChI is InChI=1S/C13H9N7.C7H15N/c14-13-18-7-11-9(1-4-20(11)19-13)8-5-10-12(17-6-8)16-3-2-15-10;1-8-7-5-3-2-4-6-7/h1-7H,(H2,14,19);7-8H,2-6H2,1H3. The number of nitrogens with two attached hydrogens (primary N) is 1. The fourth-order valence-electron chi connectivity index (χ4n) is 3.55. The van der Waals surface area contributed by atoms with Gasteiger partial charge >= 0.3 is 0 Å². The molecule has 4 heterocycles. The predicted octanol–water partition coefficient (Wildman–Crippen LogP) is 2.86. The number of pyridine rings is 1. The van der Waals surface area contributed by atoms with E-state index in [4.69, 9.17) is 5.73 Å². The molecule has 144 valence electrons. The summed E-state index contributed by atoms with van der Waals surface area (Å²) in [5, 5.41) is 7.42. The smallest absolute Gasteiger partial charge is 0.238 e. The molecule has 0 bridgehead atoms. The normalized spacial score (nSPS) is 14.8. The van der Waals surface area contributed by atoms with Crippen molar-refractivity contribution in [2.45, 2.75) is 38.1 Å². The summed E-state index contributed by atoms with van der Waals surface area (Å²) in [7, 11) is 2.07. The highest BCUT2D eigenvalue weighted by Gasteiger charge is 2.10. The highest BCUT2D eigenvalue weighted by Crippen LogP contribution is 2.26. The van der Waals surface area contributed by atoms with Crippen LogP contribution in [0.3, 0.4) is 0 Å². The van der Waals surface area contributed by atoms with Gasteiger partial charge in [-0.05, 0) is 32.0 Å². The number of hydrogen-bond donors (Lipinski definition) is 2. The first-order chi connectivity index (χ1) is 13.7. The molecular weight excluding hydrogens is 352 g/mol. The van der Waals surface area contributed by atoms with Gasteiger partial charge in [-0.15, -0.1) is 5.10 Å². The summed E-state index contributed by atoms with van der Waals surface area (Å²) in [6.45, 7) is 0. The zero-order valence-electron chi connectivity index (χ0n) is 15.9. The van der Waals surface area contributed by atoms with E-state index in [1.54, 1.807) is 29.3 Å². The van der Waals surface area contributed by atoms with Gasteiger partial charge in [0.1, 0.15) is 5.52 Å². The number of aromatic nitrogens is 6. The zero-order chi connectivity index (χ0) is 19.3. The van der Waals surface area contributed by atoms with Gasteiger partial charge in [0.2, 0.25) is 5.95 Å². The van der Waals surface area contributed by atoms with Crippen LogP contribution in [0.2, 0.25) is 0 Å². The minimum absolute atomic E-state index is 0.238. The number of nitrogens with one attached hydrogen (secondary N) is 1. The van der Waals surface area contributed by atoms with E-state index in [1.807, 2.05) is 18.3 Å². The third-order valence-corrected chi connectivity index (χ3v) is 5.08. The van der Waals surface area contributed by atoms with Crippen LogP contribution in [-0.4, -0.2) is 42.6 Å². The van der Waals surface area contributed by atoms with Crippen LogP contribution < -0.4 is 11.1 Å². The van der Waals surface area contributed by atoms with Crippen molar-refractivity contribution < 1.29 is 0 Å². The molecule has 3 N–H and O–H groups in total. The number of nitrogen functional groups attached to an aromatic ring is 1. The molecule has 5 rings (SSSR count). The molecule has 8 heteroatoms. The van der Waals surface area contributed by atoms with E-state index in [-0.39, 0.29) is 5.95 Å². The zero-order valence-corrected chi connectivity index (χ0v) is 15.9. The van der Waals surface area contributed by atoms with E-state index < -0.39 is 0 Å². The number of rotatable bonds is 2. The fraction of sp³-hybridized carbons (Fsp3) is 0.350. The summed E-state index contributed by atoms with van der Waals surface area (Å²) >= 11 is 0. The summed E-state index contributed by atoms with van der Waals surface area (Å²) in [5.41, 5.74) is 9.73. The lowest BCUT2D eigenvalue weighted by molar-refractivity contribution is 0.394. The third kappa shape index (κ3) is 3.91. The van der Waals surface area contributed by atoms with Crippen molar-refractivity contribution in [3.8, 4) is 11.1 Å². The van der Waals surface area contributed by atoms with E-state index in [1.165, 1.54) is 32.1 Å². The van der Waals surface area contributed by atoms with Crippen molar-refractivity contribution in [1.82, 2.24) is 34.9 Å². The topological polar surface area (TPSA) is 107 Å². The van der Waals surface area contributed by atoms with E-state index in [9.17, 15) is 0 Å². The maximum Gasteiger partial charge on any atom is 0.238 e. The second-order valence-electron chi connectivity index (χ2n) is 6.92. The van der Waals surface area contributed by atoms with E-state index >= 15 is 0 Å². The van der Waals surface area contributed by atoms with Gasteiger partial charge in [-0.1, -0.05) is 19.3 Å². The number of nitrogens with zero attached hydrogens (tertiary/aromatic N) is 6. The SMILES string of the molecule is CNC1CCCCC1.Nc1ncc2c(-c3cnc4nccnc4c3)ccn2n1. The summed E-state index contributed by atoms with van der Waals surface area (Å²) in [4.78, 5) is 16.8. The summed E-state index contributed by atoms with van der Waals surface area (Å²) in [6.07, 6.45) is 15.7. The number of hydrogen-bond acceptors (Lipinski definition) is 7. The summed E-state index contributed by atoms with van der Waals surface area (Å²) in [6, 6.07) is 4.73. The van der Waals surface area contributed by atoms with E-state index in [0.29, 0.717) is 5.65 Å².